The van der Waals surface area contributed by atoms with Gasteiger partial charge in [-0.3, -0.25) is 4.79 Å². The van der Waals surface area contributed by atoms with Crippen molar-refractivity contribution in [1.29, 1.82) is 0 Å². The molecule has 0 radical (unpaired) electrons. The van der Waals surface area contributed by atoms with E-state index in [1.54, 1.807) is 25.3 Å². The number of methoxy groups -OCH3 is 2. The first-order chi connectivity index (χ1) is 14.0. The van der Waals surface area contributed by atoms with E-state index in [9.17, 15) is 4.79 Å². The van der Waals surface area contributed by atoms with Crippen LogP contribution in [0.3, 0.4) is 0 Å². The van der Waals surface area contributed by atoms with Gasteiger partial charge in [-0.15, -0.1) is 0 Å². The smallest absolute Gasteiger partial charge is 0.258 e. The second kappa shape index (κ2) is 8.92. The molecule has 0 saturated heterocycles. The Balaban J connectivity index is 1.65. The van der Waals surface area contributed by atoms with Crippen molar-refractivity contribution < 1.29 is 14.3 Å². The van der Waals surface area contributed by atoms with Gasteiger partial charge in [-0.25, -0.2) is 9.97 Å². The highest BCUT2D eigenvalue weighted by Crippen LogP contribution is 2.29. The topological polar surface area (TPSA) is 88.6 Å². The summed E-state index contributed by atoms with van der Waals surface area (Å²) in [6.07, 6.45) is 2.94. The van der Waals surface area contributed by atoms with Gasteiger partial charge in [0.1, 0.15) is 0 Å². The van der Waals surface area contributed by atoms with Gasteiger partial charge in [0, 0.05) is 49.6 Å². The number of nitrogens with zero attached hydrogens (tertiary/aromatic N) is 3. The summed E-state index contributed by atoms with van der Waals surface area (Å²) < 4.78 is 10.4. The minimum absolute atomic E-state index is 0.320. The molecule has 0 fully saturated rings. The molecule has 0 atom stereocenters. The molecule has 2 aromatic carbocycles. The van der Waals surface area contributed by atoms with Crippen LogP contribution in [0.25, 0.3) is 0 Å². The minimum Gasteiger partial charge on any atom is -0.493 e. The third kappa shape index (κ3) is 4.92. The molecular formula is C21H23N5O3. The molecule has 0 aliphatic carbocycles. The van der Waals surface area contributed by atoms with Crippen molar-refractivity contribution in [2.24, 2.45) is 0 Å². The summed E-state index contributed by atoms with van der Waals surface area (Å²) in [7, 11) is 7.06. The molecule has 0 saturated carbocycles. The van der Waals surface area contributed by atoms with Gasteiger partial charge < -0.3 is 25.0 Å². The van der Waals surface area contributed by atoms with Crippen molar-refractivity contribution in [2.45, 2.75) is 0 Å². The monoisotopic (exact) mass is 393 g/mol. The second-order valence-electron chi connectivity index (χ2n) is 6.39. The minimum atomic E-state index is -0.320. The molecule has 1 amide bonds. The van der Waals surface area contributed by atoms with Gasteiger partial charge in [0.15, 0.2) is 11.5 Å². The molecule has 3 aromatic rings. The maximum Gasteiger partial charge on any atom is 0.258 e. The lowest BCUT2D eigenvalue weighted by Gasteiger charge is -2.13. The number of carbonyl (C=O) groups is 1. The molecule has 0 unspecified atom stereocenters. The number of anilines is 4. The number of benzene rings is 2. The Morgan fingerprint density at radius 2 is 1.52 bits per heavy atom. The quantitative estimate of drug-likeness (QED) is 0.634. The van der Waals surface area contributed by atoms with Gasteiger partial charge in [-0.2, -0.15) is 0 Å². The average molecular weight is 393 g/mol. The van der Waals surface area contributed by atoms with E-state index in [1.165, 1.54) is 19.5 Å². The van der Waals surface area contributed by atoms with Crippen molar-refractivity contribution in [3.05, 3.63) is 60.4 Å². The molecule has 1 aromatic heterocycles. The number of carbonyl (C=O) groups excluding carboxylic acids is 1. The number of amides is 1. The maximum atomic E-state index is 12.5. The summed E-state index contributed by atoms with van der Waals surface area (Å²) in [6.45, 7) is 0. The third-order valence-corrected chi connectivity index (χ3v) is 4.20. The highest BCUT2D eigenvalue weighted by Gasteiger charge is 2.10. The normalized spacial score (nSPS) is 10.2. The second-order valence-corrected chi connectivity index (χ2v) is 6.39. The molecule has 8 nitrogen and oxygen atoms in total. The van der Waals surface area contributed by atoms with E-state index in [1.807, 2.05) is 43.3 Å². The van der Waals surface area contributed by atoms with Crippen molar-refractivity contribution >= 4 is 28.9 Å². The molecule has 0 aliphatic rings. The number of hydrogen-bond donors (Lipinski definition) is 2. The Kier molecular flexibility index (Phi) is 6.13. The van der Waals surface area contributed by atoms with Gasteiger partial charge in [-0.05, 0) is 36.4 Å². The fraction of sp³-hybridized carbons (Fsp3) is 0.190. The van der Waals surface area contributed by atoms with Crippen LogP contribution in [0.5, 0.6) is 11.5 Å². The lowest BCUT2D eigenvalue weighted by molar-refractivity contribution is 0.102. The highest BCUT2D eigenvalue weighted by atomic mass is 16.5. The van der Waals surface area contributed by atoms with Crippen LogP contribution < -0.4 is 25.0 Å². The van der Waals surface area contributed by atoms with Crippen molar-refractivity contribution in [1.82, 2.24) is 9.97 Å². The molecule has 3 rings (SSSR count). The van der Waals surface area contributed by atoms with E-state index >= 15 is 0 Å². The molecule has 2 N–H and O–H groups in total. The number of hydrogen-bond acceptors (Lipinski definition) is 7. The predicted molar refractivity (Wildman–Crippen MR) is 114 cm³/mol. The third-order valence-electron chi connectivity index (χ3n) is 4.20. The summed E-state index contributed by atoms with van der Waals surface area (Å²) in [6, 6.07) is 13.0. The van der Waals surface area contributed by atoms with Crippen LogP contribution in [0.2, 0.25) is 0 Å². The van der Waals surface area contributed by atoms with E-state index in [2.05, 4.69) is 20.6 Å². The molecule has 29 heavy (non-hydrogen) atoms. The first-order valence-electron chi connectivity index (χ1n) is 8.90. The Hall–Kier alpha value is -3.81. The molecule has 0 spiro atoms. The average Bonchev–Trinajstić information content (AvgIpc) is 2.74. The molecule has 1 heterocycles. The molecule has 8 heteroatoms. The van der Waals surface area contributed by atoms with Crippen molar-refractivity contribution in [3.63, 3.8) is 0 Å². The zero-order valence-corrected chi connectivity index (χ0v) is 16.8. The lowest BCUT2D eigenvalue weighted by Crippen LogP contribution is -2.13. The van der Waals surface area contributed by atoms with E-state index in [4.69, 9.17) is 9.47 Å². The van der Waals surface area contributed by atoms with E-state index < -0.39 is 0 Å². The standard InChI is InChI=1S/C21H23N5O3/c1-26(2)17-8-5-15(6-9-17)25-21-22-12-14(13-23-21)20(27)24-16-7-10-18(28-3)19(11-16)29-4/h5-13H,1-4H3,(H,24,27)(H,22,23,25). The van der Waals surface area contributed by atoms with Crippen LogP contribution in [0, 0.1) is 0 Å². The van der Waals surface area contributed by atoms with Gasteiger partial charge in [0.2, 0.25) is 5.95 Å². The van der Waals surface area contributed by atoms with Crippen LogP contribution in [-0.4, -0.2) is 44.2 Å². The van der Waals surface area contributed by atoms with E-state index in [-0.39, 0.29) is 5.91 Å². The lowest BCUT2D eigenvalue weighted by atomic mass is 10.2. The summed E-state index contributed by atoms with van der Waals surface area (Å²) in [4.78, 5) is 22.9. The van der Waals surface area contributed by atoms with Crippen LogP contribution in [0.1, 0.15) is 10.4 Å². The van der Waals surface area contributed by atoms with Gasteiger partial charge in [-0.1, -0.05) is 0 Å². The summed E-state index contributed by atoms with van der Waals surface area (Å²) in [5, 5.41) is 5.90. The molecule has 0 bridgehead atoms. The molecule has 150 valence electrons. The maximum absolute atomic E-state index is 12.5. The first kappa shape index (κ1) is 19.9. The number of ether oxygens (including phenoxy) is 2. The SMILES string of the molecule is COc1ccc(NC(=O)c2cnc(Nc3ccc(N(C)C)cc3)nc2)cc1OC. The van der Waals surface area contributed by atoms with Crippen molar-refractivity contribution in [2.75, 3.05) is 43.8 Å². The summed E-state index contributed by atoms with van der Waals surface area (Å²) in [5.74, 6) is 1.20. The van der Waals surface area contributed by atoms with Gasteiger partial charge >= 0.3 is 0 Å². The largest absolute Gasteiger partial charge is 0.493 e. The Morgan fingerprint density at radius 3 is 2.10 bits per heavy atom. The van der Waals surface area contributed by atoms with E-state index in [0.717, 1.165) is 11.4 Å². The Labute approximate surface area is 169 Å². The van der Waals surface area contributed by atoms with Crippen LogP contribution in [0.4, 0.5) is 23.0 Å². The fourth-order valence-electron chi connectivity index (χ4n) is 2.60. The number of nitrogens with one attached hydrogen (secondary N) is 2. The highest BCUT2D eigenvalue weighted by molar-refractivity contribution is 6.04. The van der Waals surface area contributed by atoms with Crippen LogP contribution in [-0.2, 0) is 0 Å². The molecular weight excluding hydrogens is 370 g/mol. The Bertz CT molecular complexity index is 973. The zero-order chi connectivity index (χ0) is 20.8. The number of aromatic nitrogens is 2. The van der Waals surface area contributed by atoms with E-state index in [0.29, 0.717) is 28.7 Å². The van der Waals surface area contributed by atoms with Crippen LogP contribution in [0.15, 0.2) is 54.9 Å². The Morgan fingerprint density at radius 1 is 0.897 bits per heavy atom. The van der Waals surface area contributed by atoms with Gasteiger partial charge in [0.25, 0.3) is 5.91 Å². The van der Waals surface area contributed by atoms with Crippen molar-refractivity contribution in [3.8, 4) is 11.5 Å². The first-order valence-corrected chi connectivity index (χ1v) is 8.90. The number of rotatable bonds is 7. The zero-order valence-electron chi connectivity index (χ0n) is 16.8. The fourth-order valence-corrected chi connectivity index (χ4v) is 2.60. The van der Waals surface area contributed by atoms with Crippen LogP contribution >= 0.6 is 0 Å². The predicted octanol–water partition coefficient (Wildman–Crippen LogP) is 3.56. The summed E-state index contributed by atoms with van der Waals surface area (Å²) >= 11 is 0. The van der Waals surface area contributed by atoms with Gasteiger partial charge in [0.05, 0.1) is 19.8 Å². The molecule has 0 aliphatic heterocycles. The summed E-state index contributed by atoms with van der Waals surface area (Å²) in [5.41, 5.74) is 2.88.